The summed E-state index contributed by atoms with van der Waals surface area (Å²) in [5.74, 6) is -4.25. The summed E-state index contributed by atoms with van der Waals surface area (Å²) >= 11 is 0. The number of ether oxygens (including phenoxy) is 1. The standard InChI is InChI=1S/C33H30N4O9.ClH/c1-34(2)19-6-9-22-25(16-19)44-26-17-20(35(3)4)7-10-23(26)31(22)24-15-18(32(42)45-36-27(38)11-12-28(36)39)5-8-21(24)33(43)46-37-29(40)13-14-30(37)41;/h5-10,15-17,31H,11-14H2,1-4H3;1H. The number of amides is 4. The molecular formula is C33H31ClN4O9. The maximum absolute atomic E-state index is 13.7. The Balaban J connectivity index is 0.00000433. The van der Waals surface area contributed by atoms with Crippen molar-refractivity contribution in [2.45, 2.75) is 31.6 Å². The molecule has 6 rings (SSSR count). The fourth-order valence-electron chi connectivity index (χ4n) is 5.58. The third kappa shape index (κ3) is 6.09. The fourth-order valence-corrected chi connectivity index (χ4v) is 5.58. The summed E-state index contributed by atoms with van der Waals surface area (Å²) in [6.45, 7) is 0. The van der Waals surface area contributed by atoms with E-state index < -0.39 is 41.5 Å². The Morgan fingerprint density at radius 1 is 0.638 bits per heavy atom. The zero-order valence-corrected chi connectivity index (χ0v) is 26.8. The van der Waals surface area contributed by atoms with Crippen LogP contribution in [0.25, 0.3) is 0 Å². The predicted octanol–water partition coefficient (Wildman–Crippen LogP) is 3.97. The largest absolute Gasteiger partial charge is 0.457 e. The van der Waals surface area contributed by atoms with Crippen molar-refractivity contribution in [3.8, 4) is 11.5 Å². The third-order valence-corrected chi connectivity index (χ3v) is 8.05. The van der Waals surface area contributed by atoms with Crippen LogP contribution in [0.2, 0.25) is 0 Å². The molecule has 244 valence electrons. The number of hydrogen-bond donors (Lipinski definition) is 0. The maximum Gasteiger partial charge on any atom is 0.364 e. The lowest BCUT2D eigenvalue weighted by Crippen LogP contribution is -2.33. The molecule has 0 N–H and O–H groups in total. The summed E-state index contributed by atoms with van der Waals surface area (Å²) < 4.78 is 6.40. The van der Waals surface area contributed by atoms with Gasteiger partial charge in [-0.25, -0.2) is 9.59 Å². The highest BCUT2D eigenvalue weighted by Gasteiger charge is 2.38. The van der Waals surface area contributed by atoms with Crippen molar-refractivity contribution in [3.63, 3.8) is 0 Å². The van der Waals surface area contributed by atoms with Crippen LogP contribution in [0.15, 0.2) is 54.6 Å². The number of carbonyl (C=O) groups is 6. The van der Waals surface area contributed by atoms with Crippen molar-refractivity contribution < 1.29 is 43.2 Å². The summed E-state index contributed by atoms with van der Waals surface area (Å²) in [6, 6.07) is 15.2. The van der Waals surface area contributed by atoms with E-state index in [9.17, 15) is 28.8 Å². The molecule has 0 bridgehead atoms. The molecule has 0 unspecified atom stereocenters. The Morgan fingerprint density at radius 2 is 1.09 bits per heavy atom. The van der Waals surface area contributed by atoms with E-state index in [1.807, 2.05) is 74.4 Å². The van der Waals surface area contributed by atoms with Gasteiger partial charge in [0.15, 0.2) is 0 Å². The highest BCUT2D eigenvalue weighted by molar-refractivity contribution is 6.04. The second-order valence-electron chi connectivity index (χ2n) is 11.5. The van der Waals surface area contributed by atoms with Crippen LogP contribution < -0.4 is 14.5 Å². The number of carbonyl (C=O) groups excluding carboxylic acids is 6. The average molecular weight is 663 g/mol. The van der Waals surface area contributed by atoms with Crippen LogP contribution in [0, 0.1) is 0 Å². The third-order valence-electron chi connectivity index (χ3n) is 8.05. The van der Waals surface area contributed by atoms with Crippen LogP contribution in [0.3, 0.4) is 0 Å². The Labute approximate surface area is 275 Å². The fraction of sp³-hybridized carbons (Fsp3) is 0.273. The molecule has 2 fully saturated rings. The minimum absolute atomic E-state index is 0. The first-order valence-corrected chi connectivity index (χ1v) is 14.5. The van der Waals surface area contributed by atoms with Gasteiger partial charge in [-0.3, -0.25) is 19.2 Å². The Kier molecular flexibility index (Phi) is 8.94. The molecule has 3 aromatic rings. The first kappa shape index (κ1) is 32.9. The van der Waals surface area contributed by atoms with E-state index in [0.717, 1.165) is 11.4 Å². The van der Waals surface area contributed by atoms with Crippen LogP contribution in [-0.2, 0) is 28.9 Å². The number of imide groups is 2. The SMILES string of the molecule is CN(C)c1ccc2c(c1)Oc1cc(N(C)C)ccc1C2c1cc(C(=O)ON2C(=O)CCC2=O)ccc1C(=O)ON1C(=O)CCC1=O.Cl. The zero-order valence-electron chi connectivity index (χ0n) is 26.0. The number of fused-ring (bicyclic) bond motifs is 2. The van der Waals surface area contributed by atoms with Gasteiger partial charge in [-0.05, 0) is 35.9 Å². The van der Waals surface area contributed by atoms with Crippen molar-refractivity contribution in [1.29, 1.82) is 0 Å². The lowest BCUT2D eigenvalue weighted by atomic mass is 9.79. The number of halogens is 1. The number of rotatable bonds is 7. The molecule has 0 spiro atoms. The van der Waals surface area contributed by atoms with E-state index in [0.29, 0.717) is 32.8 Å². The topological polar surface area (TPSA) is 143 Å². The number of nitrogens with zero attached hydrogens (tertiary/aromatic N) is 4. The number of anilines is 2. The van der Waals surface area contributed by atoms with Gasteiger partial charge in [-0.15, -0.1) is 22.5 Å². The van der Waals surface area contributed by atoms with Gasteiger partial charge in [0.05, 0.1) is 11.1 Å². The molecule has 3 heterocycles. The first-order valence-electron chi connectivity index (χ1n) is 14.5. The normalized spacial score (nSPS) is 15.5. The summed E-state index contributed by atoms with van der Waals surface area (Å²) in [6.07, 6.45) is -0.313. The molecule has 3 aliphatic heterocycles. The molecule has 0 radical (unpaired) electrons. The van der Waals surface area contributed by atoms with Crippen LogP contribution in [0.5, 0.6) is 11.5 Å². The molecule has 0 aromatic heterocycles. The Hall–Kier alpha value is -5.43. The van der Waals surface area contributed by atoms with Crippen molar-refractivity contribution in [3.05, 3.63) is 82.4 Å². The minimum atomic E-state index is -0.993. The van der Waals surface area contributed by atoms with Crippen molar-refractivity contribution in [2.24, 2.45) is 0 Å². The summed E-state index contributed by atoms with van der Waals surface area (Å²) in [5.41, 5.74) is 3.22. The van der Waals surface area contributed by atoms with Gasteiger partial charge in [0.25, 0.3) is 23.6 Å². The molecule has 0 aliphatic carbocycles. The minimum Gasteiger partial charge on any atom is -0.457 e. The lowest BCUT2D eigenvalue weighted by Gasteiger charge is -2.31. The smallest absolute Gasteiger partial charge is 0.364 e. The molecule has 14 heteroatoms. The molecule has 3 aliphatic rings. The quantitative estimate of drug-likeness (QED) is 0.265. The zero-order chi connectivity index (χ0) is 32.9. The van der Waals surface area contributed by atoms with Gasteiger partial charge in [-0.1, -0.05) is 12.1 Å². The summed E-state index contributed by atoms with van der Waals surface area (Å²) in [4.78, 5) is 90.1. The van der Waals surface area contributed by atoms with Crippen LogP contribution in [0.1, 0.15) is 69.0 Å². The van der Waals surface area contributed by atoms with Gasteiger partial charge in [0.2, 0.25) is 0 Å². The van der Waals surface area contributed by atoms with Gasteiger partial charge >= 0.3 is 11.9 Å². The maximum atomic E-state index is 13.7. The van der Waals surface area contributed by atoms with Gasteiger partial charge in [-0.2, -0.15) is 0 Å². The summed E-state index contributed by atoms with van der Waals surface area (Å²) in [5, 5.41) is 0.900. The second-order valence-corrected chi connectivity index (χ2v) is 11.5. The van der Waals surface area contributed by atoms with E-state index in [1.54, 1.807) is 0 Å². The molecule has 47 heavy (non-hydrogen) atoms. The molecular weight excluding hydrogens is 632 g/mol. The van der Waals surface area contributed by atoms with Gasteiger partial charge < -0.3 is 24.2 Å². The molecule has 2 saturated heterocycles. The highest BCUT2D eigenvalue weighted by Crippen LogP contribution is 2.50. The van der Waals surface area contributed by atoms with E-state index >= 15 is 0 Å². The Morgan fingerprint density at radius 3 is 1.53 bits per heavy atom. The van der Waals surface area contributed by atoms with Crippen molar-refractivity contribution >= 4 is 59.3 Å². The van der Waals surface area contributed by atoms with Crippen LogP contribution in [-0.4, -0.2) is 73.9 Å². The number of hydroxylamine groups is 4. The lowest BCUT2D eigenvalue weighted by molar-refractivity contribution is -0.173. The van der Waals surface area contributed by atoms with E-state index in [1.165, 1.54) is 18.2 Å². The molecule has 3 aromatic carbocycles. The monoisotopic (exact) mass is 662 g/mol. The van der Waals surface area contributed by atoms with Gasteiger partial charge in [0, 0.05) is 94.4 Å². The number of benzene rings is 3. The van der Waals surface area contributed by atoms with Crippen LogP contribution in [0.4, 0.5) is 11.4 Å². The molecule has 13 nitrogen and oxygen atoms in total. The average Bonchev–Trinajstić information content (AvgIpc) is 3.52. The van der Waals surface area contributed by atoms with E-state index in [4.69, 9.17) is 14.4 Å². The van der Waals surface area contributed by atoms with Crippen molar-refractivity contribution in [2.75, 3.05) is 38.0 Å². The second kappa shape index (κ2) is 12.8. The molecule has 4 amide bonds. The summed E-state index contributed by atoms with van der Waals surface area (Å²) in [7, 11) is 7.56. The molecule has 0 saturated carbocycles. The number of hydrogen-bond acceptors (Lipinski definition) is 11. The van der Waals surface area contributed by atoms with E-state index in [-0.39, 0.29) is 54.8 Å². The highest BCUT2D eigenvalue weighted by atomic mass is 35.5. The Bertz CT molecular complexity index is 1750. The first-order chi connectivity index (χ1) is 21.9. The van der Waals surface area contributed by atoms with Gasteiger partial charge in [0.1, 0.15) is 11.5 Å². The van der Waals surface area contributed by atoms with Crippen molar-refractivity contribution in [1.82, 2.24) is 10.1 Å². The van der Waals surface area contributed by atoms with E-state index in [2.05, 4.69) is 0 Å². The molecule has 0 atom stereocenters. The predicted molar refractivity (Wildman–Crippen MR) is 169 cm³/mol. The van der Waals surface area contributed by atoms with Crippen LogP contribution >= 0.6 is 12.4 Å².